The van der Waals surface area contributed by atoms with Gasteiger partial charge in [0, 0.05) is 18.5 Å². The zero-order valence-electron chi connectivity index (χ0n) is 20.0. The molecule has 0 fully saturated rings. The Balaban J connectivity index is 1.53. The Hall–Kier alpha value is -2.22. The SMILES string of the molecule is CC(C)P(C1=CC=CC1[C@H](C)NCc1nc2ccccc2n1Cc1ccccc1)C(C)C. The molecule has 1 heterocycles. The van der Waals surface area contributed by atoms with Crippen molar-refractivity contribution in [3.63, 3.8) is 0 Å². The molecule has 0 amide bonds. The van der Waals surface area contributed by atoms with E-state index < -0.39 is 0 Å². The summed E-state index contributed by atoms with van der Waals surface area (Å²) in [5.74, 6) is 1.57. The van der Waals surface area contributed by atoms with Gasteiger partial charge in [-0.15, -0.1) is 0 Å². The zero-order chi connectivity index (χ0) is 22.7. The summed E-state index contributed by atoms with van der Waals surface area (Å²) in [6.45, 7) is 13.5. The van der Waals surface area contributed by atoms with Crippen LogP contribution in [0, 0.1) is 5.92 Å². The van der Waals surface area contributed by atoms with Crippen molar-refractivity contribution in [2.45, 2.75) is 65.1 Å². The molecule has 2 aromatic carbocycles. The molecule has 1 aliphatic carbocycles. The predicted octanol–water partition coefficient (Wildman–Crippen LogP) is 6.93. The number of nitrogens with zero attached hydrogens (tertiary/aromatic N) is 2. The van der Waals surface area contributed by atoms with Gasteiger partial charge in [0.25, 0.3) is 0 Å². The van der Waals surface area contributed by atoms with E-state index in [2.05, 4.69) is 117 Å². The Kier molecular flexibility index (Phi) is 7.28. The number of rotatable bonds is 9. The second kappa shape index (κ2) is 10.1. The maximum atomic E-state index is 4.99. The molecule has 4 rings (SSSR count). The molecular formula is C28H36N3P. The Morgan fingerprint density at radius 2 is 1.62 bits per heavy atom. The van der Waals surface area contributed by atoms with Crippen molar-refractivity contribution in [2.24, 2.45) is 5.92 Å². The molecule has 1 unspecified atom stereocenters. The van der Waals surface area contributed by atoms with Crippen LogP contribution in [0.2, 0.25) is 0 Å². The van der Waals surface area contributed by atoms with E-state index in [1.165, 1.54) is 11.1 Å². The first-order chi connectivity index (χ1) is 15.5. The van der Waals surface area contributed by atoms with E-state index in [1.54, 1.807) is 5.31 Å². The Morgan fingerprint density at radius 1 is 0.938 bits per heavy atom. The van der Waals surface area contributed by atoms with Crippen molar-refractivity contribution < 1.29 is 0 Å². The minimum Gasteiger partial charge on any atom is -0.322 e. The van der Waals surface area contributed by atoms with Crippen molar-refractivity contribution in [1.82, 2.24) is 14.9 Å². The van der Waals surface area contributed by atoms with Crippen LogP contribution in [-0.4, -0.2) is 26.9 Å². The molecule has 3 nitrogen and oxygen atoms in total. The molecule has 168 valence electrons. The summed E-state index contributed by atoms with van der Waals surface area (Å²) in [4.78, 5) is 4.99. The topological polar surface area (TPSA) is 29.9 Å². The van der Waals surface area contributed by atoms with E-state index in [9.17, 15) is 0 Å². The second-order valence-corrected chi connectivity index (χ2v) is 12.8. The Labute approximate surface area is 194 Å². The Morgan fingerprint density at radius 3 is 2.34 bits per heavy atom. The van der Waals surface area contributed by atoms with E-state index in [0.29, 0.717) is 23.3 Å². The fourth-order valence-corrected chi connectivity index (χ4v) is 8.24. The number of aromatic nitrogens is 2. The predicted molar refractivity (Wildman–Crippen MR) is 139 cm³/mol. The molecule has 0 radical (unpaired) electrons. The molecule has 1 N–H and O–H groups in total. The van der Waals surface area contributed by atoms with E-state index in [1.807, 2.05) is 0 Å². The smallest absolute Gasteiger partial charge is 0.124 e. The van der Waals surface area contributed by atoms with Crippen LogP contribution in [0.1, 0.15) is 46.0 Å². The molecule has 0 spiro atoms. The van der Waals surface area contributed by atoms with Gasteiger partial charge in [0.1, 0.15) is 5.82 Å². The van der Waals surface area contributed by atoms with Crippen LogP contribution in [0.25, 0.3) is 11.0 Å². The van der Waals surface area contributed by atoms with Gasteiger partial charge in [0.15, 0.2) is 0 Å². The molecule has 32 heavy (non-hydrogen) atoms. The minimum absolute atomic E-state index is 0.135. The second-order valence-electron chi connectivity index (χ2n) is 9.36. The molecule has 0 aliphatic heterocycles. The molecule has 4 heteroatoms. The van der Waals surface area contributed by atoms with Gasteiger partial charge in [-0.1, -0.05) is 96.3 Å². The lowest BCUT2D eigenvalue weighted by Crippen LogP contribution is -2.34. The first-order valence-electron chi connectivity index (χ1n) is 11.8. The molecule has 1 aliphatic rings. The number of nitrogens with one attached hydrogen (secondary N) is 1. The summed E-state index contributed by atoms with van der Waals surface area (Å²) < 4.78 is 2.36. The lowest BCUT2D eigenvalue weighted by Gasteiger charge is -2.33. The highest BCUT2D eigenvalue weighted by molar-refractivity contribution is 7.63. The van der Waals surface area contributed by atoms with Crippen molar-refractivity contribution in [3.8, 4) is 0 Å². The van der Waals surface area contributed by atoms with Crippen LogP contribution in [0.4, 0.5) is 0 Å². The number of benzene rings is 2. The number of fused-ring (bicyclic) bond motifs is 1. The molecule has 1 aromatic heterocycles. The maximum absolute atomic E-state index is 4.99. The first kappa shape index (κ1) is 23.0. The van der Waals surface area contributed by atoms with Gasteiger partial charge in [0.05, 0.1) is 17.6 Å². The molecule has 3 aromatic rings. The molecular weight excluding hydrogens is 409 g/mol. The quantitative estimate of drug-likeness (QED) is 0.362. The van der Waals surface area contributed by atoms with Gasteiger partial charge in [-0.05, 0) is 41.3 Å². The van der Waals surface area contributed by atoms with Crippen molar-refractivity contribution >= 4 is 19.0 Å². The van der Waals surface area contributed by atoms with Crippen LogP contribution < -0.4 is 5.32 Å². The van der Waals surface area contributed by atoms with Crippen LogP contribution in [0.5, 0.6) is 0 Å². The summed E-state index contributed by atoms with van der Waals surface area (Å²) in [5.41, 5.74) is 4.98. The van der Waals surface area contributed by atoms with Crippen LogP contribution in [-0.2, 0) is 13.1 Å². The standard InChI is InChI=1S/C28H36N3P/c1-20(2)32(21(3)4)27-17-11-14-24(27)22(5)29-18-28-30-25-15-9-10-16-26(25)31(28)19-23-12-7-6-8-13-23/h6-17,20-22,24,29H,18-19H2,1-5H3/t22-,24?/m0/s1. The highest BCUT2D eigenvalue weighted by atomic mass is 31.1. The first-order valence-corrected chi connectivity index (χ1v) is 13.3. The van der Waals surface area contributed by atoms with Crippen LogP contribution in [0.15, 0.2) is 78.1 Å². The molecule has 2 atom stereocenters. The maximum Gasteiger partial charge on any atom is 0.124 e. The van der Waals surface area contributed by atoms with Gasteiger partial charge in [-0.3, -0.25) is 0 Å². The third-order valence-electron chi connectivity index (χ3n) is 6.38. The molecule has 0 saturated carbocycles. The molecule has 0 saturated heterocycles. The Bertz CT molecular complexity index is 1090. The van der Waals surface area contributed by atoms with Crippen molar-refractivity contribution in [3.05, 3.63) is 89.5 Å². The number of allylic oxidation sites excluding steroid dienone is 2. The van der Waals surface area contributed by atoms with Gasteiger partial charge in [0.2, 0.25) is 0 Å². The average molecular weight is 446 g/mol. The van der Waals surface area contributed by atoms with Gasteiger partial charge in [-0.25, -0.2) is 4.98 Å². The summed E-state index contributed by atoms with van der Waals surface area (Å²) in [6, 6.07) is 19.5. The monoisotopic (exact) mass is 445 g/mol. The van der Waals surface area contributed by atoms with Gasteiger partial charge in [-0.2, -0.15) is 0 Å². The number of imidazole rings is 1. The lowest BCUT2D eigenvalue weighted by molar-refractivity contribution is 0.472. The number of hydrogen-bond donors (Lipinski definition) is 1. The summed E-state index contributed by atoms with van der Waals surface area (Å²) >= 11 is 0. The van der Waals surface area contributed by atoms with E-state index in [0.717, 1.165) is 24.4 Å². The summed E-state index contributed by atoms with van der Waals surface area (Å²) in [6.07, 6.45) is 7.04. The van der Waals surface area contributed by atoms with Crippen LogP contribution in [0.3, 0.4) is 0 Å². The average Bonchev–Trinajstić information content (AvgIpc) is 3.38. The van der Waals surface area contributed by atoms with E-state index in [4.69, 9.17) is 4.98 Å². The van der Waals surface area contributed by atoms with E-state index >= 15 is 0 Å². The van der Waals surface area contributed by atoms with Gasteiger partial charge < -0.3 is 9.88 Å². The zero-order valence-corrected chi connectivity index (χ0v) is 20.9. The van der Waals surface area contributed by atoms with Crippen molar-refractivity contribution in [2.75, 3.05) is 0 Å². The van der Waals surface area contributed by atoms with Crippen molar-refractivity contribution in [1.29, 1.82) is 0 Å². The third kappa shape index (κ3) is 4.90. The van der Waals surface area contributed by atoms with Crippen LogP contribution >= 0.6 is 7.92 Å². The fourth-order valence-electron chi connectivity index (χ4n) is 4.94. The highest BCUT2D eigenvalue weighted by Gasteiger charge is 2.30. The largest absolute Gasteiger partial charge is 0.322 e. The number of para-hydroxylation sites is 2. The fraction of sp³-hybridized carbons (Fsp3) is 0.393. The van der Waals surface area contributed by atoms with E-state index in [-0.39, 0.29) is 7.92 Å². The lowest BCUT2D eigenvalue weighted by atomic mass is 10.0. The summed E-state index contributed by atoms with van der Waals surface area (Å²) in [7, 11) is -0.135. The molecule has 0 bridgehead atoms. The number of hydrogen-bond acceptors (Lipinski definition) is 2. The van der Waals surface area contributed by atoms with Gasteiger partial charge >= 0.3 is 0 Å². The normalized spacial score (nSPS) is 17.1. The summed E-state index contributed by atoms with van der Waals surface area (Å²) in [5, 5.41) is 5.47. The highest BCUT2D eigenvalue weighted by Crippen LogP contribution is 2.57. The third-order valence-corrected chi connectivity index (χ3v) is 9.64. The minimum atomic E-state index is -0.135.